The zero-order valence-corrected chi connectivity index (χ0v) is 36.0. The van der Waals surface area contributed by atoms with Gasteiger partial charge in [0.15, 0.2) is 0 Å². The molecular formula is C41H68N4O14S. The molecule has 5 N–H and O–H groups in total. The minimum Gasteiger partial charge on any atom is -0.480 e. The number of carbonyl (C=O) groups excluding carboxylic acids is 5. The third-order valence-electron chi connectivity index (χ3n) is 9.23. The maximum absolute atomic E-state index is 12.3. The number of unbranched alkanes of at least 4 members (excludes halogenated alkanes) is 12. The molecule has 1 aromatic rings. The van der Waals surface area contributed by atoms with Crippen LogP contribution in [0.1, 0.15) is 113 Å². The van der Waals surface area contributed by atoms with Gasteiger partial charge in [0.05, 0.1) is 45.4 Å². The molecule has 0 heterocycles. The number of amides is 4. The summed E-state index contributed by atoms with van der Waals surface area (Å²) >= 11 is 0. The number of carbonyl (C=O) groups is 6. The highest BCUT2D eigenvalue weighted by Crippen LogP contribution is 2.15. The topological polar surface area (TPSA) is 253 Å². The Morgan fingerprint density at radius 2 is 1.13 bits per heavy atom. The Hall–Kier alpha value is -4.01. The third-order valence-corrected chi connectivity index (χ3v) is 10.0. The van der Waals surface area contributed by atoms with Crippen LogP contribution in [0.2, 0.25) is 0 Å². The zero-order chi connectivity index (χ0) is 44.3. The number of hydrogen-bond donors (Lipinski definition) is 5. The number of aliphatic carboxylic acids is 1. The quantitative estimate of drug-likeness (QED) is 0.0361. The molecule has 1 rings (SSSR count). The van der Waals surface area contributed by atoms with Gasteiger partial charge in [-0.05, 0) is 43.5 Å². The Kier molecular flexibility index (Phi) is 31.2. The van der Waals surface area contributed by atoms with E-state index < -0.39 is 22.1 Å². The van der Waals surface area contributed by atoms with Crippen LogP contribution in [0.5, 0.6) is 0 Å². The van der Waals surface area contributed by atoms with Crippen molar-refractivity contribution in [3.63, 3.8) is 0 Å². The van der Waals surface area contributed by atoms with E-state index in [1.807, 2.05) is 0 Å². The summed E-state index contributed by atoms with van der Waals surface area (Å²) < 4.78 is 51.5. The molecule has 19 heteroatoms. The molecule has 0 radical (unpaired) electrons. The first-order chi connectivity index (χ1) is 28.8. The Bertz CT molecular complexity index is 1480. The molecular weight excluding hydrogens is 805 g/mol. The van der Waals surface area contributed by atoms with Gasteiger partial charge in [0.2, 0.25) is 17.7 Å². The van der Waals surface area contributed by atoms with Gasteiger partial charge in [0.25, 0.3) is 16.0 Å². The molecule has 0 aromatic heterocycles. The monoisotopic (exact) mass is 872 g/mol. The molecule has 0 aliphatic heterocycles. The van der Waals surface area contributed by atoms with Gasteiger partial charge in [-0.25, -0.2) is 4.79 Å². The molecule has 0 saturated heterocycles. The lowest BCUT2D eigenvalue weighted by Gasteiger charge is -2.17. The standard InChI is InChI=1S/C41H68N4O14S/c1-45(35-18-16-34(31-46)17-19-35)40(50)33-59-29-27-57-25-23-43-39(49)32-58-28-26-56-24-22-42-37(47)21-20-36(41(51)52)44-38(48)15-13-11-9-7-5-3-2-4-6-8-10-12-14-30-60(53,54)55/h16-19,31,36H,2-15,20-30,32-33H2,1H3,(H,42,47)(H,43,49)(H,44,48)(H,51,52)(H,53,54,55)/t36-/m0/s1. The first-order valence-corrected chi connectivity index (χ1v) is 22.6. The van der Waals surface area contributed by atoms with Crippen molar-refractivity contribution in [3.8, 4) is 0 Å². The predicted molar refractivity (Wildman–Crippen MR) is 224 cm³/mol. The third kappa shape index (κ3) is 30.9. The van der Waals surface area contributed by atoms with Crippen LogP contribution in [0.15, 0.2) is 24.3 Å². The summed E-state index contributed by atoms with van der Waals surface area (Å²) in [6, 6.07) is 5.43. The lowest BCUT2D eigenvalue weighted by molar-refractivity contribution is -0.142. The minimum atomic E-state index is -3.85. The maximum Gasteiger partial charge on any atom is 0.326 e. The summed E-state index contributed by atoms with van der Waals surface area (Å²) in [5.74, 6) is -2.66. The predicted octanol–water partition coefficient (Wildman–Crippen LogP) is 3.46. The molecule has 342 valence electrons. The lowest BCUT2D eigenvalue weighted by Crippen LogP contribution is -2.41. The fraction of sp³-hybridized carbons (Fsp3) is 0.707. The number of likely N-dealkylation sites (N-methyl/N-ethyl adjacent to an activating group) is 1. The van der Waals surface area contributed by atoms with Crippen molar-refractivity contribution in [2.45, 2.75) is 109 Å². The Balaban J connectivity index is 1.94. The normalized spacial score (nSPS) is 11.8. The molecule has 0 spiro atoms. The molecule has 0 saturated carbocycles. The minimum absolute atomic E-state index is 0.0409. The van der Waals surface area contributed by atoms with E-state index in [0.717, 1.165) is 76.9 Å². The number of anilines is 1. The molecule has 0 aliphatic carbocycles. The number of aldehydes is 1. The highest BCUT2D eigenvalue weighted by Gasteiger charge is 2.21. The van der Waals surface area contributed by atoms with Crippen LogP contribution < -0.4 is 20.9 Å². The van der Waals surface area contributed by atoms with E-state index >= 15 is 0 Å². The first-order valence-electron chi connectivity index (χ1n) is 21.0. The average molecular weight is 873 g/mol. The second-order valence-electron chi connectivity index (χ2n) is 14.3. The van der Waals surface area contributed by atoms with Crippen LogP contribution in [0.25, 0.3) is 0 Å². The van der Waals surface area contributed by atoms with Crippen LogP contribution in [-0.4, -0.2) is 139 Å². The number of nitrogens with zero attached hydrogens (tertiary/aromatic N) is 1. The van der Waals surface area contributed by atoms with E-state index in [-0.39, 0.29) is 115 Å². The Morgan fingerprint density at radius 3 is 1.65 bits per heavy atom. The van der Waals surface area contributed by atoms with E-state index in [4.69, 9.17) is 23.5 Å². The number of nitrogens with one attached hydrogen (secondary N) is 3. The van der Waals surface area contributed by atoms with Gasteiger partial charge in [0.1, 0.15) is 25.5 Å². The van der Waals surface area contributed by atoms with Crippen molar-refractivity contribution in [1.29, 1.82) is 0 Å². The second-order valence-corrected chi connectivity index (χ2v) is 15.9. The summed E-state index contributed by atoms with van der Waals surface area (Å²) in [5.41, 5.74) is 1.16. The number of rotatable bonds is 39. The van der Waals surface area contributed by atoms with Gasteiger partial charge in [-0.3, -0.25) is 28.5 Å². The van der Waals surface area contributed by atoms with Gasteiger partial charge in [0, 0.05) is 44.2 Å². The number of ether oxygens (including phenoxy) is 4. The molecule has 0 unspecified atom stereocenters. The smallest absolute Gasteiger partial charge is 0.326 e. The molecule has 60 heavy (non-hydrogen) atoms. The SMILES string of the molecule is CN(C(=O)COCCOCCNC(=O)COCCOCCNC(=O)CC[C@H](NC(=O)CCCCCCCCCCCCCCCS(=O)(=O)O)C(=O)O)c1ccc(C=O)cc1. The van der Waals surface area contributed by atoms with Crippen molar-refractivity contribution in [2.24, 2.45) is 0 Å². The number of hydrogen-bond acceptors (Lipinski definition) is 12. The highest BCUT2D eigenvalue weighted by atomic mass is 32.2. The average Bonchev–Trinajstić information content (AvgIpc) is 3.21. The van der Waals surface area contributed by atoms with E-state index in [0.29, 0.717) is 24.1 Å². The van der Waals surface area contributed by atoms with Crippen molar-refractivity contribution in [3.05, 3.63) is 29.8 Å². The molecule has 18 nitrogen and oxygen atoms in total. The first kappa shape index (κ1) is 54.0. The van der Waals surface area contributed by atoms with Crippen molar-refractivity contribution >= 4 is 51.7 Å². The van der Waals surface area contributed by atoms with E-state index in [9.17, 15) is 42.3 Å². The van der Waals surface area contributed by atoms with Crippen LogP contribution >= 0.6 is 0 Å². The lowest BCUT2D eigenvalue weighted by atomic mass is 10.0. The summed E-state index contributed by atoms with van der Waals surface area (Å²) in [6.07, 6.45) is 13.5. The zero-order valence-electron chi connectivity index (χ0n) is 35.2. The molecule has 0 bridgehead atoms. The molecule has 0 aliphatic rings. The van der Waals surface area contributed by atoms with Crippen LogP contribution in [0.4, 0.5) is 5.69 Å². The van der Waals surface area contributed by atoms with Crippen molar-refractivity contribution in [2.75, 3.05) is 83.6 Å². The molecule has 0 fully saturated rings. The van der Waals surface area contributed by atoms with Crippen molar-refractivity contribution in [1.82, 2.24) is 16.0 Å². The van der Waals surface area contributed by atoms with Crippen molar-refractivity contribution < 1.29 is 65.8 Å². The largest absolute Gasteiger partial charge is 0.480 e. The van der Waals surface area contributed by atoms with Gasteiger partial charge in [-0.15, -0.1) is 0 Å². The number of carboxylic acid groups (broad SMARTS) is 1. The molecule has 4 amide bonds. The maximum atomic E-state index is 12.3. The van der Waals surface area contributed by atoms with Gasteiger partial charge < -0.3 is 44.9 Å². The van der Waals surface area contributed by atoms with Crippen LogP contribution in [0.3, 0.4) is 0 Å². The summed E-state index contributed by atoms with van der Waals surface area (Å²) in [5, 5.41) is 17.3. The Morgan fingerprint density at radius 1 is 0.650 bits per heavy atom. The second kappa shape index (κ2) is 34.7. The summed E-state index contributed by atoms with van der Waals surface area (Å²) in [7, 11) is -2.23. The summed E-state index contributed by atoms with van der Waals surface area (Å²) in [6.45, 7) is 1.36. The van der Waals surface area contributed by atoms with Crippen LogP contribution in [-0.2, 0) is 53.0 Å². The van der Waals surface area contributed by atoms with E-state index in [2.05, 4.69) is 16.0 Å². The highest BCUT2D eigenvalue weighted by molar-refractivity contribution is 7.85. The fourth-order valence-electron chi connectivity index (χ4n) is 5.76. The van der Waals surface area contributed by atoms with Gasteiger partial charge in [-0.1, -0.05) is 70.6 Å². The van der Waals surface area contributed by atoms with Gasteiger partial charge in [-0.2, -0.15) is 8.42 Å². The van der Waals surface area contributed by atoms with Gasteiger partial charge >= 0.3 is 5.97 Å². The van der Waals surface area contributed by atoms with Crippen LogP contribution in [0, 0.1) is 0 Å². The number of carboxylic acids is 1. The van der Waals surface area contributed by atoms with E-state index in [1.165, 1.54) is 4.90 Å². The number of benzene rings is 1. The van der Waals surface area contributed by atoms with E-state index in [1.54, 1.807) is 31.3 Å². The molecule has 1 aromatic carbocycles. The Labute approximate surface area is 354 Å². The summed E-state index contributed by atoms with van der Waals surface area (Å²) in [4.78, 5) is 72.5. The molecule has 1 atom stereocenters. The fourth-order valence-corrected chi connectivity index (χ4v) is 6.33.